The van der Waals surface area contributed by atoms with E-state index in [9.17, 15) is 20.1 Å². The van der Waals surface area contributed by atoms with Crippen molar-refractivity contribution in [3.05, 3.63) is 23.8 Å². The first-order valence-corrected chi connectivity index (χ1v) is 4.97. The summed E-state index contributed by atoms with van der Waals surface area (Å²) in [6.45, 7) is 0. The Balaban J connectivity index is 2.88. The minimum absolute atomic E-state index is 0.0761. The van der Waals surface area contributed by atoms with E-state index in [0.29, 0.717) is 5.56 Å². The molecule has 17 heavy (non-hydrogen) atoms. The van der Waals surface area contributed by atoms with E-state index in [1.165, 1.54) is 25.3 Å². The Bertz CT molecular complexity index is 407. The minimum Gasteiger partial charge on any atom is -0.504 e. The predicted octanol–water partition coefficient (Wildman–Crippen LogP) is -0.330. The zero-order valence-corrected chi connectivity index (χ0v) is 9.33. The molecule has 1 amide bonds. The smallest absolute Gasteiger partial charge is 0.220 e. The molecule has 2 unspecified atom stereocenters. The summed E-state index contributed by atoms with van der Waals surface area (Å²) >= 11 is 0. The second kappa shape index (κ2) is 5.51. The largest absolute Gasteiger partial charge is 0.504 e. The maximum absolute atomic E-state index is 10.6. The van der Waals surface area contributed by atoms with Crippen LogP contribution in [0.15, 0.2) is 18.2 Å². The van der Waals surface area contributed by atoms with Gasteiger partial charge in [-0.1, -0.05) is 6.07 Å². The van der Waals surface area contributed by atoms with Crippen LogP contribution in [-0.4, -0.2) is 34.4 Å². The van der Waals surface area contributed by atoms with Crippen molar-refractivity contribution in [3.8, 4) is 11.5 Å². The van der Waals surface area contributed by atoms with E-state index in [-0.39, 0.29) is 17.9 Å². The number of rotatable bonds is 5. The van der Waals surface area contributed by atoms with E-state index < -0.39 is 18.1 Å². The van der Waals surface area contributed by atoms with Gasteiger partial charge < -0.3 is 25.8 Å². The van der Waals surface area contributed by atoms with Gasteiger partial charge in [0, 0.05) is 0 Å². The number of primary amides is 1. The first-order chi connectivity index (χ1) is 7.95. The van der Waals surface area contributed by atoms with Gasteiger partial charge in [-0.3, -0.25) is 4.79 Å². The van der Waals surface area contributed by atoms with Crippen LogP contribution in [-0.2, 0) is 4.79 Å². The average molecular weight is 241 g/mol. The molecule has 0 aliphatic rings. The monoisotopic (exact) mass is 241 g/mol. The Morgan fingerprint density at radius 1 is 1.47 bits per heavy atom. The van der Waals surface area contributed by atoms with Gasteiger partial charge in [0.05, 0.1) is 19.6 Å². The summed E-state index contributed by atoms with van der Waals surface area (Å²) in [5.74, 6) is -0.608. The molecule has 0 aromatic heterocycles. The van der Waals surface area contributed by atoms with Crippen molar-refractivity contribution in [2.24, 2.45) is 5.73 Å². The molecule has 0 fully saturated rings. The lowest BCUT2D eigenvalue weighted by atomic mass is 10.0. The van der Waals surface area contributed by atoms with E-state index in [2.05, 4.69) is 0 Å². The molecule has 1 aromatic carbocycles. The van der Waals surface area contributed by atoms with Gasteiger partial charge >= 0.3 is 0 Å². The van der Waals surface area contributed by atoms with Crippen LogP contribution in [0.2, 0.25) is 0 Å². The molecule has 94 valence electrons. The van der Waals surface area contributed by atoms with Gasteiger partial charge in [0.1, 0.15) is 6.10 Å². The molecule has 0 radical (unpaired) electrons. The van der Waals surface area contributed by atoms with E-state index in [4.69, 9.17) is 10.5 Å². The minimum atomic E-state index is -1.29. The molecular weight excluding hydrogens is 226 g/mol. The summed E-state index contributed by atoms with van der Waals surface area (Å²) < 4.78 is 4.86. The second-order valence-corrected chi connectivity index (χ2v) is 3.61. The van der Waals surface area contributed by atoms with Gasteiger partial charge in [-0.25, -0.2) is 0 Å². The number of methoxy groups -OCH3 is 1. The van der Waals surface area contributed by atoms with Crippen LogP contribution in [0.5, 0.6) is 11.5 Å². The number of carbonyl (C=O) groups is 1. The number of aliphatic hydroxyl groups is 2. The fourth-order valence-electron chi connectivity index (χ4n) is 1.42. The Kier molecular flexibility index (Phi) is 4.30. The lowest BCUT2D eigenvalue weighted by molar-refractivity contribution is -0.121. The molecule has 1 aromatic rings. The first-order valence-electron chi connectivity index (χ1n) is 4.97. The molecule has 0 aliphatic heterocycles. The molecular formula is C11H15NO5. The zero-order chi connectivity index (χ0) is 13.0. The number of nitrogens with two attached hydrogens (primary N) is 1. The number of benzene rings is 1. The van der Waals surface area contributed by atoms with Crippen molar-refractivity contribution in [2.75, 3.05) is 7.11 Å². The molecule has 6 nitrogen and oxygen atoms in total. The van der Waals surface area contributed by atoms with Crippen LogP contribution >= 0.6 is 0 Å². The molecule has 0 spiro atoms. The summed E-state index contributed by atoms with van der Waals surface area (Å²) in [5.41, 5.74) is 5.24. The van der Waals surface area contributed by atoms with Crippen LogP contribution in [0.3, 0.4) is 0 Å². The lowest BCUT2D eigenvalue weighted by Gasteiger charge is -2.17. The molecule has 0 bridgehead atoms. The van der Waals surface area contributed by atoms with Gasteiger partial charge in [0.15, 0.2) is 11.5 Å². The van der Waals surface area contributed by atoms with Crippen molar-refractivity contribution in [1.29, 1.82) is 0 Å². The summed E-state index contributed by atoms with van der Waals surface area (Å²) in [7, 11) is 1.37. The number of ether oxygens (including phenoxy) is 1. The molecule has 0 heterocycles. The van der Waals surface area contributed by atoms with E-state index in [1.54, 1.807) is 0 Å². The average Bonchev–Trinajstić information content (AvgIpc) is 2.27. The van der Waals surface area contributed by atoms with Crippen molar-refractivity contribution >= 4 is 5.91 Å². The fraction of sp³-hybridized carbons (Fsp3) is 0.364. The Morgan fingerprint density at radius 3 is 2.65 bits per heavy atom. The number of hydrogen-bond donors (Lipinski definition) is 4. The van der Waals surface area contributed by atoms with Crippen molar-refractivity contribution in [3.63, 3.8) is 0 Å². The number of hydrogen-bond acceptors (Lipinski definition) is 5. The van der Waals surface area contributed by atoms with Gasteiger partial charge in [-0.2, -0.15) is 0 Å². The van der Waals surface area contributed by atoms with E-state index in [0.717, 1.165) is 0 Å². The summed E-state index contributed by atoms with van der Waals surface area (Å²) in [6.07, 6.45) is -2.90. The Labute approximate surface area is 98.3 Å². The maximum atomic E-state index is 10.6. The summed E-state index contributed by atoms with van der Waals surface area (Å²) in [5, 5.41) is 28.6. The van der Waals surface area contributed by atoms with E-state index in [1.807, 2.05) is 0 Å². The third-order valence-electron chi connectivity index (χ3n) is 2.32. The second-order valence-electron chi connectivity index (χ2n) is 3.61. The van der Waals surface area contributed by atoms with Crippen LogP contribution in [0.1, 0.15) is 18.1 Å². The normalized spacial score (nSPS) is 14.1. The summed E-state index contributed by atoms with van der Waals surface area (Å²) in [6, 6.07) is 4.13. The number of phenolic OH excluding ortho intramolecular Hbond substituents is 1. The molecule has 2 atom stereocenters. The number of amides is 1. The Morgan fingerprint density at radius 2 is 2.12 bits per heavy atom. The molecule has 1 rings (SSSR count). The number of aliphatic hydroxyl groups excluding tert-OH is 2. The fourth-order valence-corrected chi connectivity index (χ4v) is 1.42. The molecule has 0 saturated heterocycles. The standard InChI is InChI=1S/C11H15NO5/c1-17-9-4-6(2-3-7(9)13)11(16)8(14)5-10(12)15/h2-4,8,11,13-14,16H,5H2,1H3,(H2,12,15). The number of phenols is 1. The first kappa shape index (κ1) is 13.3. The summed E-state index contributed by atoms with van der Waals surface area (Å²) in [4.78, 5) is 10.6. The lowest BCUT2D eigenvalue weighted by Crippen LogP contribution is -2.25. The highest BCUT2D eigenvalue weighted by Crippen LogP contribution is 2.30. The van der Waals surface area contributed by atoms with Crippen LogP contribution in [0.25, 0.3) is 0 Å². The van der Waals surface area contributed by atoms with Crippen LogP contribution in [0, 0.1) is 0 Å². The van der Waals surface area contributed by atoms with Crippen molar-refractivity contribution in [1.82, 2.24) is 0 Å². The molecule has 0 saturated carbocycles. The van der Waals surface area contributed by atoms with Crippen molar-refractivity contribution in [2.45, 2.75) is 18.6 Å². The van der Waals surface area contributed by atoms with Gasteiger partial charge in [0.2, 0.25) is 5.91 Å². The highest BCUT2D eigenvalue weighted by atomic mass is 16.5. The molecule has 6 heteroatoms. The third-order valence-corrected chi connectivity index (χ3v) is 2.32. The Hall–Kier alpha value is -1.79. The van der Waals surface area contributed by atoms with E-state index >= 15 is 0 Å². The number of carbonyl (C=O) groups excluding carboxylic acids is 1. The van der Waals surface area contributed by atoms with Gasteiger partial charge in [-0.15, -0.1) is 0 Å². The van der Waals surface area contributed by atoms with Crippen LogP contribution in [0.4, 0.5) is 0 Å². The topological polar surface area (TPSA) is 113 Å². The van der Waals surface area contributed by atoms with Crippen LogP contribution < -0.4 is 10.5 Å². The third kappa shape index (κ3) is 3.33. The zero-order valence-electron chi connectivity index (χ0n) is 9.33. The van der Waals surface area contributed by atoms with Crippen molar-refractivity contribution < 1.29 is 24.9 Å². The number of aromatic hydroxyl groups is 1. The predicted molar refractivity (Wildman–Crippen MR) is 59.4 cm³/mol. The molecule has 5 N–H and O–H groups in total. The highest BCUT2D eigenvalue weighted by molar-refractivity contribution is 5.74. The molecule has 0 aliphatic carbocycles. The highest BCUT2D eigenvalue weighted by Gasteiger charge is 2.21. The quantitative estimate of drug-likeness (QED) is 0.563. The van der Waals surface area contributed by atoms with Gasteiger partial charge in [0.25, 0.3) is 0 Å². The van der Waals surface area contributed by atoms with Gasteiger partial charge in [-0.05, 0) is 17.7 Å². The maximum Gasteiger partial charge on any atom is 0.220 e. The SMILES string of the molecule is COc1cc(C(O)C(O)CC(N)=O)ccc1O.